The van der Waals surface area contributed by atoms with E-state index in [9.17, 15) is 10.1 Å². The summed E-state index contributed by atoms with van der Waals surface area (Å²) < 4.78 is 6.21. The van der Waals surface area contributed by atoms with Crippen molar-refractivity contribution < 1.29 is 9.66 Å². The van der Waals surface area contributed by atoms with Crippen LogP contribution in [-0.2, 0) is 0 Å². The standard InChI is InChI=1S/C7H6N4O3/c1-14-7-6-9-4-5(11(12)13)10(6)3-2-8-7/h2-4H,1H3. The smallest absolute Gasteiger partial charge is 0.348 e. The monoisotopic (exact) mass is 194 g/mol. The molecule has 0 aliphatic rings. The van der Waals surface area contributed by atoms with Crippen LogP contribution in [0.1, 0.15) is 0 Å². The molecular weight excluding hydrogens is 188 g/mol. The summed E-state index contributed by atoms with van der Waals surface area (Å²) in [6, 6.07) is 0. The van der Waals surface area contributed by atoms with E-state index in [1.807, 2.05) is 0 Å². The Morgan fingerprint density at radius 2 is 2.36 bits per heavy atom. The summed E-state index contributed by atoms with van der Waals surface area (Å²) in [5.41, 5.74) is 0.335. The molecule has 2 heterocycles. The molecule has 0 atom stereocenters. The maximum absolute atomic E-state index is 10.6. The van der Waals surface area contributed by atoms with E-state index < -0.39 is 4.92 Å². The number of ether oxygens (including phenoxy) is 1. The molecule has 7 nitrogen and oxygen atoms in total. The lowest BCUT2D eigenvalue weighted by molar-refractivity contribution is -0.390. The lowest BCUT2D eigenvalue weighted by Crippen LogP contribution is -1.96. The Bertz CT molecular complexity index is 493. The molecule has 2 rings (SSSR count). The van der Waals surface area contributed by atoms with Gasteiger partial charge in [-0.1, -0.05) is 0 Å². The highest BCUT2D eigenvalue weighted by Gasteiger charge is 2.17. The molecule has 2 aromatic heterocycles. The third-order valence-corrected chi connectivity index (χ3v) is 1.76. The second-order valence-corrected chi connectivity index (χ2v) is 2.50. The first-order valence-electron chi connectivity index (χ1n) is 3.74. The number of fused-ring (bicyclic) bond motifs is 1. The largest absolute Gasteiger partial charge is 0.477 e. The summed E-state index contributed by atoms with van der Waals surface area (Å²) in [4.78, 5) is 17.8. The van der Waals surface area contributed by atoms with Crippen molar-refractivity contribution in [1.29, 1.82) is 0 Å². The minimum Gasteiger partial charge on any atom is -0.477 e. The second kappa shape index (κ2) is 2.95. The van der Waals surface area contributed by atoms with Crippen LogP contribution in [0.25, 0.3) is 5.65 Å². The van der Waals surface area contributed by atoms with E-state index >= 15 is 0 Å². The van der Waals surface area contributed by atoms with Gasteiger partial charge in [0.05, 0.1) is 13.3 Å². The zero-order chi connectivity index (χ0) is 10.1. The summed E-state index contributed by atoms with van der Waals surface area (Å²) >= 11 is 0. The second-order valence-electron chi connectivity index (χ2n) is 2.50. The molecule has 0 aliphatic carbocycles. The highest BCUT2D eigenvalue weighted by molar-refractivity contribution is 5.52. The lowest BCUT2D eigenvalue weighted by Gasteiger charge is -1.96. The highest BCUT2D eigenvalue weighted by atomic mass is 16.6. The van der Waals surface area contributed by atoms with E-state index in [1.165, 1.54) is 30.1 Å². The Kier molecular flexibility index (Phi) is 1.77. The maximum Gasteiger partial charge on any atom is 0.348 e. The summed E-state index contributed by atoms with van der Waals surface area (Å²) in [7, 11) is 1.43. The molecule has 7 heteroatoms. The molecule has 0 radical (unpaired) electrons. The van der Waals surface area contributed by atoms with Gasteiger partial charge < -0.3 is 14.9 Å². The fourth-order valence-electron chi connectivity index (χ4n) is 1.16. The van der Waals surface area contributed by atoms with Crippen LogP contribution >= 0.6 is 0 Å². The quantitative estimate of drug-likeness (QED) is 0.517. The van der Waals surface area contributed by atoms with Gasteiger partial charge in [-0.05, 0) is 4.92 Å². The zero-order valence-corrected chi connectivity index (χ0v) is 7.25. The Morgan fingerprint density at radius 1 is 1.57 bits per heavy atom. The third kappa shape index (κ3) is 1.06. The van der Waals surface area contributed by atoms with E-state index in [0.717, 1.165) is 0 Å². The topological polar surface area (TPSA) is 82.6 Å². The van der Waals surface area contributed by atoms with E-state index in [0.29, 0.717) is 5.65 Å². The molecule has 0 saturated carbocycles. The Morgan fingerprint density at radius 3 is 3.00 bits per heavy atom. The van der Waals surface area contributed by atoms with Crippen molar-refractivity contribution >= 4 is 11.5 Å². The predicted molar refractivity (Wildman–Crippen MR) is 46.2 cm³/mol. The van der Waals surface area contributed by atoms with E-state index in [-0.39, 0.29) is 11.7 Å². The molecule has 0 amide bonds. The molecule has 14 heavy (non-hydrogen) atoms. The van der Waals surface area contributed by atoms with Crippen LogP contribution in [-0.4, -0.2) is 26.4 Å². The Hall–Kier alpha value is -2.18. The molecule has 0 aromatic carbocycles. The van der Waals surface area contributed by atoms with Crippen molar-refractivity contribution in [2.45, 2.75) is 0 Å². The molecule has 2 aromatic rings. The number of nitro groups is 1. The first kappa shape index (κ1) is 8.42. The van der Waals surface area contributed by atoms with Gasteiger partial charge >= 0.3 is 5.82 Å². The van der Waals surface area contributed by atoms with Crippen molar-refractivity contribution in [3.05, 3.63) is 28.7 Å². The van der Waals surface area contributed by atoms with Crippen molar-refractivity contribution in [2.75, 3.05) is 7.11 Å². The molecule has 0 unspecified atom stereocenters. The molecular formula is C7H6N4O3. The van der Waals surface area contributed by atoms with Crippen molar-refractivity contribution in [2.24, 2.45) is 0 Å². The number of nitrogens with zero attached hydrogens (tertiary/aromatic N) is 4. The molecule has 0 bridgehead atoms. The van der Waals surface area contributed by atoms with Gasteiger partial charge in [-0.15, -0.1) is 0 Å². The first-order chi connectivity index (χ1) is 6.74. The Balaban J connectivity index is 2.75. The van der Waals surface area contributed by atoms with Gasteiger partial charge in [-0.25, -0.2) is 9.97 Å². The van der Waals surface area contributed by atoms with Crippen molar-refractivity contribution in [1.82, 2.24) is 14.4 Å². The number of hydrogen-bond donors (Lipinski definition) is 0. The fraction of sp³-hybridized carbons (Fsp3) is 0.143. The molecule has 0 fully saturated rings. The van der Waals surface area contributed by atoms with Crippen LogP contribution in [0.15, 0.2) is 18.6 Å². The normalized spacial score (nSPS) is 10.4. The van der Waals surface area contributed by atoms with Gasteiger partial charge in [0.15, 0.2) is 0 Å². The molecule has 0 aliphatic heterocycles. The predicted octanol–water partition coefficient (Wildman–Crippen LogP) is 0.646. The highest BCUT2D eigenvalue weighted by Crippen LogP contribution is 2.19. The van der Waals surface area contributed by atoms with Gasteiger partial charge in [0.2, 0.25) is 0 Å². The summed E-state index contributed by atoms with van der Waals surface area (Å²) in [5.74, 6) is 0.154. The SMILES string of the molecule is COc1nccn2c([N+](=O)[O-])cnc12. The van der Waals surface area contributed by atoms with E-state index in [4.69, 9.17) is 4.74 Å². The van der Waals surface area contributed by atoms with Gasteiger partial charge in [-0.2, -0.15) is 4.40 Å². The van der Waals surface area contributed by atoms with Crippen LogP contribution in [0.5, 0.6) is 5.88 Å². The number of hydrogen-bond acceptors (Lipinski definition) is 5. The van der Waals surface area contributed by atoms with E-state index in [1.54, 1.807) is 0 Å². The summed E-state index contributed by atoms with van der Waals surface area (Å²) in [6.07, 6.45) is 4.04. The maximum atomic E-state index is 10.6. The van der Waals surface area contributed by atoms with Gasteiger partial charge in [0, 0.05) is 0 Å². The number of aromatic nitrogens is 3. The average Bonchev–Trinajstić information content (AvgIpc) is 2.60. The van der Waals surface area contributed by atoms with Crippen LogP contribution < -0.4 is 4.74 Å². The van der Waals surface area contributed by atoms with Crippen molar-refractivity contribution in [3.63, 3.8) is 0 Å². The zero-order valence-electron chi connectivity index (χ0n) is 7.25. The Labute approximate surface area is 78.1 Å². The minimum absolute atomic E-state index is 0.110. The average molecular weight is 194 g/mol. The number of imidazole rings is 1. The fourth-order valence-corrected chi connectivity index (χ4v) is 1.16. The van der Waals surface area contributed by atoms with Gasteiger partial charge in [0.25, 0.3) is 11.5 Å². The number of methoxy groups -OCH3 is 1. The van der Waals surface area contributed by atoms with Crippen molar-refractivity contribution in [3.8, 4) is 5.88 Å². The summed E-state index contributed by atoms with van der Waals surface area (Å²) in [5, 5.41) is 10.6. The minimum atomic E-state index is -0.514. The van der Waals surface area contributed by atoms with Gasteiger partial charge in [0.1, 0.15) is 12.4 Å². The van der Waals surface area contributed by atoms with Crippen LogP contribution in [0.3, 0.4) is 0 Å². The van der Waals surface area contributed by atoms with Gasteiger partial charge in [-0.3, -0.25) is 0 Å². The number of rotatable bonds is 2. The molecule has 0 saturated heterocycles. The van der Waals surface area contributed by atoms with E-state index in [2.05, 4.69) is 9.97 Å². The van der Waals surface area contributed by atoms with Crippen LogP contribution in [0.2, 0.25) is 0 Å². The molecule has 0 spiro atoms. The first-order valence-corrected chi connectivity index (χ1v) is 3.74. The molecule has 0 N–H and O–H groups in total. The van der Waals surface area contributed by atoms with Crippen LogP contribution in [0.4, 0.5) is 5.82 Å². The lowest BCUT2D eigenvalue weighted by atomic mass is 10.6. The summed E-state index contributed by atoms with van der Waals surface area (Å²) in [6.45, 7) is 0. The van der Waals surface area contributed by atoms with Crippen LogP contribution in [0, 0.1) is 10.1 Å². The molecule has 72 valence electrons. The third-order valence-electron chi connectivity index (χ3n) is 1.76.